The Morgan fingerprint density at radius 3 is 2.60 bits per heavy atom. The summed E-state index contributed by atoms with van der Waals surface area (Å²) in [4.78, 5) is 10.7. The summed E-state index contributed by atoms with van der Waals surface area (Å²) in [5.74, 6) is 0.817. The van der Waals surface area contributed by atoms with Gasteiger partial charge in [-0.2, -0.15) is 0 Å². The fourth-order valence-electron chi connectivity index (χ4n) is 3.95. The summed E-state index contributed by atoms with van der Waals surface area (Å²) in [6.45, 7) is 14.2. The van der Waals surface area contributed by atoms with Crippen LogP contribution in [0.15, 0.2) is 36.1 Å². The molecule has 25 heavy (non-hydrogen) atoms. The van der Waals surface area contributed by atoms with Crippen LogP contribution >= 0.6 is 0 Å². The molecule has 2 atom stereocenters. The summed E-state index contributed by atoms with van der Waals surface area (Å²) in [5.41, 5.74) is 6.75. The first kappa shape index (κ1) is 19.9. The molecule has 1 aliphatic carbocycles. The van der Waals surface area contributed by atoms with Gasteiger partial charge in [0.15, 0.2) is 0 Å². The van der Waals surface area contributed by atoms with Crippen LogP contribution in [0.3, 0.4) is 0 Å². The first-order chi connectivity index (χ1) is 12.1. The zero-order valence-corrected chi connectivity index (χ0v) is 16.0. The van der Waals surface area contributed by atoms with Gasteiger partial charge in [0.25, 0.3) is 0 Å². The Morgan fingerprint density at radius 2 is 2.04 bits per heavy atom. The molecule has 2 unspecified atom stereocenters. The Balaban J connectivity index is 2.06. The maximum Gasteiger partial charge on any atom is 0.135 e. The van der Waals surface area contributed by atoms with Crippen LogP contribution in [0.25, 0.3) is 0 Å². The van der Waals surface area contributed by atoms with E-state index in [0.717, 1.165) is 55.7 Å². The normalized spacial score (nSPS) is 23.1. The largest absolute Gasteiger partial charge is 0.381 e. The molecule has 1 saturated carbocycles. The zero-order chi connectivity index (χ0) is 18.2. The lowest BCUT2D eigenvalue weighted by atomic mass is 9.78. The van der Waals surface area contributed by atoms with Crippen LogP contribution in [0.2, 0.25) is 0 Å². The summed E-state index contributed by atoms with van der Waals surface area (Å²) in [7, 11) is 0. The van der Waals surface area contributed by atoms with Crippen LogP contribution in [-0.4, -0.2) is 36.5 Å². The monoisotopic (exact) mass is 345 g/mol. The van der Waals surface area contributed by atoms with Crippen molar-refractivity contribution in [1.29, 1.82) is 0 Å². The lowest BCUT2D eigenvalue weighted by Crippen LogP contribution is -2.47. The van der Waals surface area contributed by atoms with Gasteiger partial charge in [-0.05, 0) is 44.1 Å². The second kappa shape index (κ2) is 9.93. The smallest absolute Gasteiger partial charge is 0.135 e. The third-order valence-corrected chi connectivity index (χ3v) is 5.48. The first-order valence-corrected chi connectivity index (χ1v) is 9.81. The van der Waals surface area contributed by atoms with E-state index < -0.39 is 0 Å². The van der Waals surface area contributed by atoms with E-state index in [2.05, 4.69) is 48.8 Å². The van der Waals surface area contributed by atoms with Crippen molar-refractivity contribution < 1.29 is 4.79 Å². The van der Waals surface area contributed by atoms with E-state index in [1.54, 1.807) is 0 Å². The molecule has 4 nitrogen and oxygen atoms in total. The first-order valence-electron chi connectivity index (χ1n) is 9.81. The summed E-state index contributed by atoms with van der Waals surface area (Å²) < 4.78 is 0. The number of carbonyl (C=O) groups excluding carboxylic acids is 1. The van der Waals surface area contributed by atoms with Gasteiger partial charge in [-0.25, -0.2) is 10.4 Å². The van der Waals surface area contributed by atoms with Crippen molar-refractivity contribution in [3.8, 4) is 0 Å². The Morgan fingerprint density at radius 1 is 1.28 bits per heavy atom. The van der Waals surface area contributed by atoms with Gasteiger partial charge in [0.1, 0.15) is 6.29 Å². The molecule has 0 amide bonds. The number of hydrazine groups is 1. The van der Waals surface area contributed by atoms with Gasteiger partial charge >= 0.3 is 0 Å². The Hall–Kier alpha value is -1.39. The second-order valence-corrected chi connectivity index (χ2v) is 7.48. The van der Waals surface area contributed by atoms with Crippen molar-refractivity contribution in [2.75, 3.05) is 13.1 Å². The molecule has 1 saturated heterocycles. The standard InChI is InChI=1S/C21H35N3O/c1-5-8-19(16(2)3)20(15-18-9-6-10-18)23-17(4)21-11-7-13-24(21)22-12-14-25/h8,14,18,20-23H,2,4-7,9-13,15H2,1,3H3/b19-8-. The molecule has 0 aromatic carbocycles. The molecule has 2 N–H and O–H groups in total. The maximum atomic E-state index is 10.7. The zero-order valence-electron chi connectivity index (χ0n) is 16.0. The molecule has 0 radical (unpaired) electrons. The van der Waals surface area contributed by atoms with Crippen LogP contribution in [0.1, 0.15) is 58.8 Å². The number of hydrogen-bond donors (Lipinski definition) is 2. The van der Waals surface area contributed by atoms with E-state index in [1.165, 1.54) is 24.8 Å². The fourth-order valence-corrected chi connectivity index (χ4v) is 3.95. The molecule has 4 heteroatoms. The summed E-state index contributed by atoms with van der Waals surface area (Å²) in [5, 5.41) is 5.90. The second-order valence-electron chi connectivity index (χ2n) is 7.48. The van der Waals surface area contributed by atoms with Crippen LogP contribution in [0, 0.1) is 5.92 Å². The van der Waals surface area contributed by atoms with Crippen LogP contribution in [0.4, 0.5) is 0 Å². The predicted molar refractivity (Wildman–Crippen MR) is 105 cm³/mol. The van der Waals surface area contributed by atoms with Gasteiger partial charge in [-0.1, -0.05) is 51.0 Å². The predicted octanol–water partition coefficient (Wildman–Crippen LogP) is 3.73. The number of rotatable bonds is 11. The lowest BCUT2D eigenvalue weighted by molar-refractivity contribution is -0.108. The van der Waals surface area contributed by atoms with E-state index in [-0.39, 0.29) is 6.04 Å². The van der Waals surface area contributed by atoms with Crippen molar-refractivity contribution in [3.05, 3.63) is 36.1 Å². The minimum atomic E-state index is 0.247. The Labute approximate surface area is 153 Å². The molecule has 1 aliphatic heterocycles. The highest BCUT2D eigenvalue weighted by Crippen LogP contribution is 2.33. The fraction of sp³-hybridized carbons (Fsp3) is 0.667. The van der Waals surface area contributed by atoms with Crippen LogP contribution in [0.5, 0.6) is 0 Å². The minimum absolute atomic E-state index is 0.247. The van der Waals surface area contributed by atoms with Crippen molar-refractivity contribution >= 4 is 6.29 Å². The number of nitrogens with one attached hydrogen (secondary N) is 2. The molecule has 2 fully saturated rings. The number of allylic oxidation sites excluding steroid dienone is 1. The summed E-state index contributed by atoms with van der Waals surface area (Å²) in [6, 6.07) is 0.542. The molecule has 2 aliphatic rings. The topological polar surface area (TPSA) is 44.4 Å². The molecule has 140 valence electrons. The number of aldehydes is 1. The number of carbonyl (C=O) groups is 1. The Kier molecular flexibility index (Phi) is 7.91. The van der Waals surface area contributed by atoms with E-state index in [0.29, 0.717) is 12.6 Å². The van der Waals surface area contributed by atoms with Gasteiger partial charge in [0, 0.05) is 12.2 Å². The van der Waals surface area contributed by atoms with Gasteiger partial charge < -0.3 is 10.1 Å². The highest BCUT2D eigenvalue weighted by atomic mass is 16.1. The minimum Gasteiger partial charge on any atom is -0.381 e. The molecule has 2 rings (SSSR count). The summed E-state index contributed by atoms with van der Waals surface area (Å²) >= 11 is 0. The van der Waals surface area contributed by atoms with Gasteiger partial charge in [0.2, 0.25) is 0 Å². The maximum absolute atomic E-state index is 10.7. The van der Waals surface area contributed by atoms with Gasteiger partial charge in [-0.3, -0.25) is 0 Å². The molecule has 0 aromatic heterocycles. The Bertz CT molecular complexity index is 507. The molecule has 1 heterocycles. The van der Waals surface area contributed by atoms with Crippen molar-refractivity contribution in [3.63, 3.8) is 0 Å². The van der Waals surface area contributed by atoms with E-state index >= 15 is 0 Å². The van der Waals surface area contributed by atoms with Crippen LogP contribution < -0.4 is 10.7 Å². The average molecular weight is 346 g/mol. The molecular weight excluding hydrogens is 310 g/mol. The molecular formula is C21H35N3O. The average Bonchev–Trinajstić information content (AvgIpc) is 3.01. The molecule has 0 bridgehead atoms. The number of nitrogens with zero attached hydrogens (tertiary/aromatic N) is 1. The van der Waals surface area contributed by atoms with Crippen molar-refractivity contribution in [2.45, 2.75) is 70.9 Å². The van der Waals surface area contributed by atoms with E-state index in [4.69, 9.17) is 0 Å². The summed E-state index contributed by atoms with van der Waals surface area (Å²) in [6.07, 6.45) is 11.7. The molecule has 0 spiro atoms. The number of hydrogen-bond acceptors (Lipinski definition) is 4. The third kappa shape index (κ3) is 5.55. The highest BCUT2D eigenvalue weighted by molar-refractivity contribution is 5.51. The lowest BCUT2D eigenvalue weighted by Gasteiger charge is -2.35. The van der Waals surface area contributed by atoms with E-state index in [1.807, 2.05) is 0 Å². The van der Waals surface area contributed by atoms with Gasteiger partial charge in [-0.15, -0.1) is 0 Å². The van der Waals surface area contributed by atoms with Crippen molar-refractivity contribution in [1.82, 2.24) is 15.8 Å². The quantitative estimate of drug-likeness (QED) is 0.442. The van der Waals surface area contributed by atoms with Crippen LogP contribution in [-0.2, 0) is 4.79 Å². The highest BCUT2D eigenvalue weighted by Gasteiger charge is 2.30. The van der Waals surface area contributed by atoms with Crippen molar-refractivity contribution in [2.24, 2.45) is 5.92 Å². The van der Waals surface area contributed by atoms with Gasteiger partial charge in [0.05, 0.1) is 18.6 Å². The third-order valence-electron chi connectivity index (χ3n) is 5.48. The molecule has 0 aromatic rings. The SMILES string of the molecule is C=C(C)/C(=C/CC)C(CC1CCC1)NC(=C)C1CCCN1NCC=O. The van der Waals surface area contributed by atoms with E-state index in [9.17, 15) is 4.79 Å².